The maximum atomic E-state index is 9.54. The Morgan fingerprint density at radius 2 is 1.61 bits per heavy atom. The van der Waals surface area contributed by atoms with Crippen LogP contribution in [0.3, 0.4) is 0 Å². The second-order valence-electron chi connectivity index (χ2n) is 6.69. The zero-order valence-corrected chi connectivity index (χ0v) is 11.4. The van der Waals surface area contributed by atoms with E-state index in [0.29, 0.717) is 5.92 Å². The molecule has 0 spiro atoms. The van der Waals surface area contributed by atoms with E-state index in [1.54, 1.807) is 0 Å². The van der Waals surface area contributed by atoms with Crippen molar-refractivity contribution in [1.29, 1.82) is 0 Å². The molecule has 1 aliphatic heterocycles. The smallest absolute Gasteiger partial charge is 0.0626 e. The average molecular weight is 253 g/mol. The van der Waals surface area contributed by atoms with E-state index in [-0.39, 0.29) is 12.1 Å². The predicted molar refractivity (Wildman–Crippen MR) is 72.3 cm³/mol. The summed E-state index contributed by atoms with van der Waals surface area (Å²) in [6, 6.07) is 0. The van der Waals surface area contributed by atoms with Crippen LogP contribution in [0.1, 0.15) is 25.7 Å². The number of hydrogen-bond donors (Lipinski definition) is 2. The quantitative estimate of drug-likeness (QED) is 0.706. The van der Waals surface area contributed by atoms with Crippen LogP contribution in [-0.4, -0.2) is 66.3 Å². The highest BCUT2D eigenvalue weighted by Gasteiger charge is 2.43. The van der Waals surface area contributed by atoms with Crippen molar-refractivity contribution in [2.75, 3.05) is 45.9 Å². The Labute approximate surface area is 110 Å². The molecule has 0 radical (unpaired) electrons. The van der Waals surface area contributed by atoms with Gasteiger partial charge in [-0.25, -0.2) is 0 Å². The number of aliphatic hydroxyl groups excluding tert-OH is 1. The number of nitrogens with zero attached hydrogens (tertiary/aromatic N) is 2. The van der Waals surface area contributed by atoms with Crippen LogP contribution in [0.2, 0.25) is 0 Å². The summed E-state index contributed by atoms with van der Waals surface area (Å²) >= 11 is 0. The minimum absolute atomic E-state index is 0.139. The van der Waals surface area contributed by atoms with Crippen LogP contribution < -0.4 is 5.73 Å². The second kappa shape index (κ2) is 5.08. The molecule has 1 atom stereocenters. The van der Waals surface area contributed by atoms with E-state index >= 15 is 0 Å². The largest absolute Gasteiger partial charge is 0.394 e. The van der Waals surface area contributed by atoms with Crippen molar-refractivity contribution in [3.63, 3.8) is 0 Å². The first-order valence-electron chi connectivity index (χ1n) is 7.54. The Hall–Kier alpha value is -0.160. The van der Waals surface area contributed by atoms with Crippen LogP contribution in [0.15, 0.2) is 0 Å². The molecule has 0 aromatic carbocycles. The molecule has 3 N–H and O–H groups in total. The summed E-state index contributed by atoms with van der Waals surface area (Å²) in [6.45, 7) is 6.94. The van der Waals surface area contributed by atoms with Crippen molar-refractivity contribution in [1.82, 2.24) is 9.80 Å². The molecule has 0 amide bonds. The number of nitrogens with two attached hydrogens (primary N) is 1. The third-order valence-corrected chi connectivity index (χ3v) is 4.88. The number of aliphatic hydroxyl groups is 1. The van der Waals surface area contributed by atoms with Gasteiger partial charge in [-0.15, -0.1) is 0 Å². The molecule has 1 heterocycles. The molecule has 4 heteroatoms. The third-order valence-electron chi connectivity index (χ3n) is 4.88. The number of piperazine rings is 1. The molecule has 0 bridgehead atoms. The van der Waals surface area contributed by atoms with Gasteiger partial charge in [0.1, 0.15) is 0 Å². The van der Waals surface area contributed by atoms with Crippen molar-refractivity contribution in [3.8, 4) is 0 Å². The average Bonchev–Trinajstić information content (AvgIpc) is 3.24. The first-order chi connectivity index (χ1) is 8.69. The zero-order valence-electron chi connectivity index (χ0n) is 11.4. The monoisotopic (exact) mass is 253 g/mol. The Balaban J connectivity index is 1.43. The molecule has 1 unspecified atom stereocenters. The summed E-state index contributed by atoms with van der Waals surface area (Å²) in [5.41, 5.74) is 6.02. The molecule has 3 aliphatic rings. The van der Waals surface area contributed by atoms with Gasteiger partial charge in [0.25, 0.3) is 0 Å². The van der Waals surface area contributed by atoms with Gasteiger partial charge in [-0.1, -0.05) is 0 Å². The molecule has 0 aromatic heterocycles. The Morgan fingerprint density at radius 3 is 2.11 bits per heavy atom. The van der Waals surface area contributed by atoms with E-state index < -0.39 is 0 Å². The molecule has 4 nitrogen and oxygen atoms in total. The maximum Gasteiger partial charge on any atom is 0.0626 e. The molecular weight excluding hydrogens is 226 g/mol. The van der Waals surface area contributed by atoms with Crippen LogP contribution in [0, 0.1) is 11.8 Å². The van der Waals surface area contributed by atoms with Crippen LogP contribution in [0.4, 0.5) is 0 Å². The molecule has 3 rings (SSSR count). The molecule has 0 aromatic rings. The van der Waals surface area contributed by atoms with Crippen molar-refractivity contribution < 1.29 is 5.11 Å². The normalized spacial score (nSPS) is 30.3. The molecular formula is C14H27N3O. The van der Waals surface area contributed by atoms with Gasteiger partial charge in [-0.2, -0.15) is 0 Å². The van der Waals surface area contributed by atoms with Crippen molar-refractivity contribution >= 4 is 0 Å². The van der Waals surface area contributed by atoms with E-state index in [0.717, 1.165) is 25.6 Å². The van der Waals surface area contributed by atoms with Gasteiger partial charge >= 0.3 is 0 Å². The molecule has 2 saturated carbocycles. The van der Waals surface area contributed by atoms with Crippen molar-refractivity contribution in [2.45, 2.75) is 31.2 Å². The van der Waals surface area contributed by atoms with Crippen LogP contribution in [-0.2, 0) is 0 Å². The maximum absolute atomic E-state index is 9.54. The summed E-state index contributed by atoms with van der Waals surface area (Å²) in [4.78, 5) is 5.06. The highest BCUT2D eigenvalue weighted by Crippen LogP contribution is 2.38. The summed E-state index contributed by atoms with van der Waals surface area (Å²) in [6.07, 6.45) is 5.30. The lowest BCUT2D eigenvalue weighted by Gasteiger charge is -2.39. The van der Waals surface area contributed by atoms with Crippen LogP contribution in [0.5, 0.6) is 0 Å². The molecule has 104 valence electrons. The third kappa shape index (κ3) is 3.05. The van der Waals surface area contributed by atoms with Crippen LogP contribution in [0.25, 0.3) is 0 Å². The van der Waals surface area contributed by atoms with Gasteiger partial charge in [0.2, 0.25) is 0 Å². The lowest BCUT2D eigenvalue weighted by Crippen LogP contribution is -2.58. The highest BCUT2D eigenvalue weighted by atomic mass is 16.3. The second-order valence-corrected chi connectivity index (χ2v) is 6.69. The van der Waals surface area contributed by atoms with Gasteiger partial charge in [-0.05, 0) is 37.5 Å². The Morgan fingerprint density at radius 1 is 1.00 bits per heavy atom. The van der Waals surface area contributed by atoms with Gasteiger partial charge in [0.15, 0.2) is 0 Å². The fraction of sp³-hybridized carbons (Fsp3) is 1.00. The van der Waals surface area contributed by atoms with E-state index in [2.05, 4.69) is 9.80 Å². The van der Waals surface area contributed by atoms with E-state index in [1.807, 2.05) is 0 Å². The molecule has 3 fully saturated rings. The number of hydrogen-bond acceptors (Lipinski definition) is 4. The van der Waals surface area contributed by atoms with E-state index in [9.17, 15) is 5.11 Å². The SMILES string of the molecule is NC(CO)(CN1CCN(CC2CC2)CC1)C1CC1. The summed E-state index contributed by atoms with van der Waals surface area (Å²) < 4.78 is 0. The summed E-state index contributed by atoms with van der Waals surface area (Å²) in [5.74, 6) is 1.56. The van der Waals surface area contributed by atoms with E-state index in [4.69, 9.17) is 5.73 Å². The lowest BCUT2D eigenvalue weighted by atomic mass is 9.94. The van der Waals surface area contributed by atoms with Gasteiger partial charge < -0.3 is 15.7 Å². The fourth-order valence-corrected chi connectivity index (χ4v) is 3.18. The zero-order chi connectivity index (χ0) is 12.6. The molecule has 1 saturated heterocycles. The Kier molecular flexibility index (Phi) is 3.63. The van der Waals surface area contributed by atoms with Gasteiger partial charge in [-0.3, -0.25) is 4.90 Å². The minimum atomic E-state index is -0.335. The summed E-state index contributed by atoms with van der Waals surface area (Å²) in [5, 5.41) is 9.54. The topological polar surface area (TPSA) is 52.7 Å². The van der Waals surface area contributed by atoms with Crippen molar-refractivity contribution in [3.05, 3.63) is 0 Å². The first-order valence-corrected chi connectivity index (χ1v) is 7.54. The van der Waals surface area contributed by atoms with Crippen molar-refractivity contribution in [2.24, 2.45) is 17.6 Å². The van der Waals surface area contributed by atoms with Crippen LogP contribution >= 0.6 is 0 Å². The molecule has 2 aliphatic carbocycles. The highest BCUT2D eigenvalue weighted by molar-refractivity contribution is 5.00. The first kappa shape index (κ1) is 12.9. The number of rotatable bonds is 6. The summed E-state index contributed by atoms with van der Waals surface area (Å²) in [7, 11) is 0. The van der Waals surface area contributed by atoms with E-state index in [1.165, 1.54) is 45.3 Å². The molecule has 18 heavy (non-hydrogen) atoms. The van der Waals surface area contributed by atoms with Gasteiger partial charge in [0, 0.05) is 39.3 Å². The predicted octanol–water partition coefficient (Wildman–Crippen LogP) is 0.114. The standard InChI is InChI=1S/C14H27N3O/c15-14(11-18,13-3-4-13)10-17-7-5-16(6-8-17)9-12-1-2-12/h12-13,18H,1-11,15H2. The van der Waals surface area contributed by atoms with Gasteiger partial charge in [0.05, 0.1) is 12.1 Å². The Bertz CT molecular complexity index is 283. The minimum Gasteiger partial charge on any atom is -0.394 e. The fourth-order valence-electron chi connectivity index (χ4n) is 3.18. The lowest BCUT2D eigenvalue weighted by molar-refractivity contribution is 0.0771.